The molecule has 0 nitrogen and oxygen atoms in total. The van der Waals surface area contributed by atoms with Crippen LogP contribution >= 0.6 is 0 Å². The minimum absolute atomic E-state index is 0.361. The Kier molecular flexibility index (Phi) is 6.38. The van der Waals surface area contributed by atoms with Crippen molar-refractivity contribution in [3.63, 3.8) is 0 Å². The van der Waals surface area contributed by atoms with Gasteiger partial charge in [-0.2, -0.15) is 0 Å². The smallest absolute Gasteiger partial charge is 0.200 e. The summed E-state index contributed by atoms with van der Waals surface area (Å²) < 4.78 is 218. The van der Waals surface area contributed by atoms with Crippen molar-refractivity contribution in [2.24, 2.45) is 0 Å². The molecule has 5 aromatic carbocycles. The molecule has 0 saturated carbocycles. The van der Waals surface area contributed by atoms with Crippen LogP contribution in [0.15, 0.2) is 18.2 Å². The summed E-state index contributed by atoms with van der Waals surface area (Å²) in [6, 6.07) is 1.44. The topological polar surface area (TPSA) is 0 Å². The average molecular weight is 600 g/mol. The van der Waals surface area contributed by atoms with Crippen LogP contribution in [0.5, 0.6) is 0 Å². The quantitative estimate of drug-likeness (QED) is 0.0820. The fraction of sp³-hybridized carbons (Fsp3) is 0. The summed E-state index contributed by atoms with van der Waals surface area (Å²) in [6.07, 6.45) is 0. The van der Waals surface area contributed by atoms with Crippen molar-refractivity contribution < 1.29 is 65.9 Å². The molecule has 0 atom stereocenters. The van der Waals surface area contributed by atoms with Crippen LogP contribution in [-0.2, 0) is 0 Å². The molecule has 0 N–H and O–H groups in total. The fourth-order valence-electron chi connectivity index (χ4n) is 4.51. The maximum atomic E-state index is 15.3. The maximum absolute atomic E-state index is 15.3. The minimum Gasteiger partial charge on any atom is -0.206 e. The van der Waals surface area contributed by atoms with Gasteiger partial charge in [0.15, 0.2) is 69.8 Å². The second-order valence-electron chi connectivity index (χ2n) is 8.31. The number of fused-ring (bicyclic) bond motifs is 2. The maximum Gasteiger partial charge on any atom is 0.200 e. The van der Waals surface area contributed by atoms with Crippen molar-refractivity contribution in [3.8, 4) is 22.3 Å². The molecule has 0 bridgehead atoms. The Bertz CT molecular complexity index is 1940. The predicted molar refractivity (Wildman–Crippen MR) is 112 cm³/mol. The van der Waals surface area contributed by atoms with E-state index in [0.717, 1.165) is 0 Å². The molecular formula is C26H3F15. The minimum atomic E-state index is -2.82. The second-order valence-corrected chi connectivity index (χ2v) is 8.31. The molecule has 0 radical (unpaired) electrons. The van der Waals surface area contributed by atoms with Gasteiger partial charge in [0.1, 0.15) is 5.82 Å². The highest BCUT2D eigenvalue weighted by Crippen LogP contribution is 2.50. The van der Waals surface area contributed by atoms with Gasteiger partial charge in [0.25, 0.3) is 0 Å². The van der Waals surface area contributed by atoms with E-state index < -0.39 is 131 Å². The van der Waals surface area contributed by atoms with E-state index in [2.05, 4.69) is 0 Å². The Morgan fingerprint density at radius 2 is 0.585 bits per heavy atom. The Morgan fingerprint density at radius 1 is 0.268 bits per heavy atom. The number of benzene rings is 5. The molecule has 0 aliphatic rings. The predicted octanol–water partition coefficient (Wildman–Crippen LogP) is 9.41. The van der Waals surface area contributed by atoms with Crippen LogP contribution in [-0.4, -0.2) is 0 Å². The molecule has 0 fully saturated rings. The molecule has 0 aliphatic carbocycles. The normalized spacial score (nSPS) is 11.8. The molecule has 0 spiro atoms. The Labute approximate surface area is 215 Å². The van der Waals surface area contributed by atoms with Gasteiger partial charge in [0.2, 0.25) is 11.6 Å². The van der Waals surface area contributed by atoms with Crippen LogP contribution in [0.2, 0.25) is 0 Å². The highest BCUT2D eigenvalue weighted by Gasteiger charge is 2.37. The van der Waals surface area contributed by atoms with Crippen LogP contribution in [0.25, 0.3) is 43.8 Å². The molecule has 15 heteroatoms. The van der Waals surface area contributed by atoms with E-state index in [0.29, 0.717) is 18.2 Å². The molecular weight excluding hydrogens is 597 g/mol. The molecule has 5 aromatic rings. The van der Waals surface area contributed by atoms with Crippen molar-refractivity contribution in [2.75, 3.05) is 0 Å². The first-order valence-electron chi connectivity index (χ1n) is 10.6. The zero-order valence-corrected chi connectivity index (χ0v) is 18.9. The highest BCUT2D eigenvalue weighted by molar-refractivity contribution is 6.22. The first-order valence-corrected chi connectivity index (χ1v) is 10.6. The molecule has 0 unspecified atom stereocenters. The van der Waals surface area contributed by atoms with E-state index in [4.69, 9.17) is 0 Å². The van der Waals surface area contributed by atoms with Gasteiger partial charge in [-0.05, 0) is 11.5 Å². The van der Waals surface area contributed by atoms with Gasteiger partial charge in [-0.3, -0.25) is 0 Å². The lowest BCUT2D eigenvalue weighted by Crippen LogP contribution is -2.10. The molecule has 5 rings (SSSR count). The third-order valence-corrected chi connectivity index (χ3v) is 6.22. The molecule has 0 saturated heterocycles. The van der Waals surface area contributed by atoms with Gasteiger partial charge in [-0.25, -0.2) is 65.9 Å². The van der Waals surface area contributed by atoms with Crippen LogP contribution < -0.4 is 0 Å². The van der Waals surface area contributed by atoms with E-state index in [1.54, 1.807) is 0 Å². The summed E-state index contributed by atoms with van der Waals surface area (Å²) in [5.74, 6) is -40.4. The monoisotopic (exact) mass is 600 g/mol. The largest absolute Gasteiger partial charge is 0.206 e. The first kappa shape index (κ1) is 28.1. The van der Waals surface area contributed by atoms with E-state index in [9.17, 15) is 52.7 Å². The van der Waals surface area contributed by atoms with Gasteiger partial charge in [0.05, 0.1) is 11.1 Å². The summed E-state index contributed by atoms with van der Waals surface area (Å²) in [4.78, 5) is 0. The third-order valence-electron chi connectivity index (χ3n) is 6.22. The van der Waals surface area contributed by atoms with Crippen molar-refractivity contribution >= 4 is 21.5 Å². The molecule has 0 amide bonds. The fourth-order valence-corrected chi connectivity index (χ4v) is 4.51. The summed E-state index contributed by atoms with van der Waals surface area (Å²) in [6.45, 7) is 0. The third kappa shape index (κ3) is 3.60. The summed E-state index contributed by atoms with van der Waals surface area (Å²) in [5, 5.41) is -6.93. The summed E-state index contributed by atoms with van der Waals surface area (Å²) >= 11 is 0. The Hall–Kier alpha value is -4.43. The van der Waals surface area contributed by atoms with Gasteiger partial charge in [-0.1, -0.05) is 12.1 Å². The Balaban J connectivity index is 2.26. The van der Waals surface area contributed by atoms with Gasteiger partial charge in [0, 0.05) is 27.3 Å². The average Bonchev–Trinajstić information content (AvgIpc) is 2.95. The van der Waals surface area contributed by atoms with Crippen molar-refractivity contribution in [1.82, 2.24) is 0 Å². The molecule has 0 heterocycles. The lowest BCUT2D eigenvalue weighted by Gasteiger charge is -2.21. The molecule has 41 heavy (non-hydrogen) atoms. The van der Waals surface area contributed by atoms with Crippen LogP contribution in [0.3, 0.4) is 0 Å². The first-order chi connectivity index (χ1) is 19.1. The number of hydrogen-bond donors (Lipinski definition) is 0. The van der Waals surface area contributed by atoms with Crippen LogP contribution in [0.1, 0.15) is 0 Å². The van der Waals surface area contributed by atoms with Crippen molar-refractivity contribution in [2.45, 2.75) is 0 Å². The van der Waals surface area contributed by atoms with Crippen molar-refractivity contribution in [3.05, 3.63) is 105 Å². The molecule has 0 aliphatic heterocycles. The second kappa shape index (κ2) is 9.31. The molecule has 212 valence electrons. The van der Waals surface area contributed by atoms with E-state index >= 15 is 13.2 Å². The van der Waals surface area contributed by atoms with Crippen LogP contribution in [0, 0.1) is 87.3 Å². The lowest BCUT2D eigenvalue weighted by atomic mass is 9.84. The Morgan fingerprint density at radius 3 is 1.00 bits per heavy atom. The summed E-state index contributed by atoms with van der Waals surface area (Å²) in [7, 11) is 0. The van der Waals surface area contributed by atoms with E-state index in [-0.39, 0.29) is 0 Å². The zero-order chi connectivity index (χ0) is 30.4. The number of rotatable bonds is 2. The highest BCUT2D eigenvalue weighted by atomic mass is 19.2. The number of hydrogen-bond acceptors (Lipinski definition) is 0. The van der Waals surface area contributed by atoms with E-state index in [1.807, 2.05) is 0 Å². The van der Waals surface area contributed by atoms with E-state index in [1.165, 1.54) is 0 Å². The lowest BCUT2D eigenvalue weighted by molar-refractivity contribution is 0.381. The SMILES string of the molecule is Fc1c(F)c(F)c(-c2c3cccc(F)c3c(-c3c(F)c(F)c(F)c(F)c3F)c3c(F)c(F)c(F)c(F)c23)c(F)c1F. The molecule has 0 aromatic heterocycles. The summed E-state index contributed by atoms with van der Waals surface area (Å²) in [5.41, 5.74) is -8.00. The van der Waals surface area contributed by atoms with Crippen LogP contribution in [0.4, 0.5) is 65.9 Å². The van der Waals surface area contributed by atoms with Gasteiger partial charge >= 0.3 is 0 Å². The van der Waals surface area contributed by atoms with Gasteiger partial charge < -0.3 is 0 Å². The standard InChI is InChI=1S/C26H3F15/c27-5-3-1-2-4-6(5)8(12-17(32)23(38)26(41)24(39)18(12)33)10-9(13(28)19(34)20(35)14(10)29)7(4)11-15(30)21(36)25(40)22(37)16(11)31/h1-3H. The number of halogens is 15. The van der Waals surface area contributed by atoms with Crippen molar-refractivity contribution in [1.29, 1.82) is 0 Å². The van der Waals surface area contributed by atoms with Gasteiger partial charge in [-0.15, -0.1) is 0 Å². The zero-order valence-electron chi connectivity index (χ0n) is 18.9.